The van der Waals surface area contributed by atoms with E-state index in [9.17, 15) is 14.4 Å². The van der Waals surface area contributed by atoms with Gasteiger partial charge in [-0.2, -0.15) is 0 Å². The molecule has 0 spiro atoms. The third kappa shape index (κ3) is 5.99. The molecule has 2 amide bonds. The Hall–Kier alpha value is -1.83. The summed E-state index contributed by atoms with van der Waals surface area (Å²) in [4.78, 5) is 38.2. The summed E-state index contributed by atoms with van der Waals surface area (Å²) in [6.45, 7) is 0.835. The molecule has 1 heterocycles. The van der Waals surface area contributed by atoms with Crippen molar-refractivity contribution < 1.29 is 24.6 Å². The second kappa shape index (κ2) is 7.82. The summed E-state index contributed by atoms with van der Waals surface area (Å²) < 4.78 is 0. The number of carbonyl (C=O) groups excluding carboxylic acids is 1. The van der Waals surface area contributed by atoms with E-state index < -0.39 is 31.1 Å². The summed E-state index contributed by atoms with van der Waals surface area (Å²) in [6, 6.07) is -0.511. The van der Waals surface area contributed by atoms with Crippen LogP contribution in [0.15, 0.2) is 0 Å². The largest absolute Gasteiger partial charge is 0.480 e. The molecule has 0 saturated carbocycles. The molecule has 120 valence electrons. The normalized spacial score (nSPS) is 16.0. The number of piperidine rings is 1. The lowest BCUT2D eigenvalue weighted by Crippen LogP contribution is -2.50. The molecular weight excluding hydrogens is 278 g/mol. The topological polar surface area (TPSA) is 101 Å². The third-order valence-corrected chi connectivity index (χ3v) is 3.43. The van der Waals surface area contributed by atoms with Crippen molar-refractivity contribution in [2.45, 2.75) is 12.8 Å². The first-order valence-corrected chi connectivity index (χ1v) is 6.91. The van der Waals surface area contributed by atoms with Gasteiger partial charge in [-0.05, 0) is 32.9 Å². The Morgan fingerprint density at radius 3 is 1.90 bits per heavy atom. The zero-order chi connectivity index (χ0) is 16.0. The maximum absolute atomic E-state index is 12.2. The van der Waals surface area contributed by atoms with Crippen LogP contribution in [0.4, 0.5) is 4.79 Å². The van der Waals surface area contributed by atoms with Crippen molar-refractivity contribution in [3.8, 4) is 0 Å². The molecule has 0 bridgehead atoms. The smallest absolute Gasteiger partial charge is 0.323 e. The van der Waals surface area contributed by atoms with Crippen LogP contribution in [0.25, 0.3) is 0 Å². The number of carboxylic acid groups (broad SMARTS) is 2. The minimum absolute atomic E-state index is 0.511. The minimum Gasteiger partial charge on any atom is -0.480 e. The molecule has 0 radical (unpaired) electrons. The molecule has 2 N–H and O–H groups in total. The monoisotopic (exact) mass is 301 g/mol. The van der Waals surface area contributed by atoms with E-state index in [4.69, 9.17) is 10.2 Å². The molecule has 1 rings (SSSR count). The Morgan fingerprint density at radius 1 is 1.05 bits per heavy atom. The lowest BCUT2D eigenvalue weighted by Gasteiger charge is -2.35. The van der Waals surface area contributed by atoms with Crippen LogP contribution in [0.2, 0.25) is 0 Å². The average Bonchev–Trinajstić information content (AvgIpc) is 2.36. The number of rotatable bonds is 6. The molecule has 8 heteroatoms. The Morgan fingerprint density at radius 2 is 1.52 bits per heavy atom. The van der Waals surface area contributed by atoms with E-state index in [1.165, 1.54) is 4.90 Å². The first-order chi connectivity index (χ1) is 9.79. The molecule has 1 aliphatic rings. The van der Waals surface area contributed by atoms with E-state index in [0.717, 1.165) is 24.3 Å². The molecule has 1 saturated heterocycles. The van der Waals surface area contributed by atoms with Crippen LogP contribution < -0.4 is 0 Å². The fraction of sp³-hybridized carbons (Fsp3) is 0.769. The molecule has 0 aromatic heterocycles. The highest BCUT2D eigenvalue weighted by atomic mass is 16.4. The summed E-state index contributed by atoms with van der Waals surface area (Å²) in [5.74, 6) is -1.92. The zero-order valence-corrected chi connectivity index (χ0v) is 12.5. The quantitative estimate of drug-likeness (QED) is 0.707. The number of likely N-dealkylation sites (tertiary alicyclic amines) is 1. The first-order valence-electron chi connectivity index (χ1n) is 6.91. The molecule has 0 atom stereocenters. The predicted molar refractivity (Wildman–Crippen MR) is 75.1 cm³/mol. The maximum Gasteiger partial charge on any atom is 0.323 e. The summed E-state index contributed by atoms with van der Waals surface area (Å²) >= 11 is 0. The van der Waals surface area contributed by atoms with Crippen LogP contribution in [0.3, 0.4) is 0 Å². The fourth-order valence-corrected chi connectivity index (χ4v) is 2.54. The van der Waals surface area contributed by atoms with Crippen LogP contribution in [-0.4, -0.2) is 89.7 Å². The summed E-state index contributed by atoms with van der Waals surface area (Å²) in [5.41, 5.74) is 0. The zero-order valence-electron chi connectivity index (χ0n) is 12.5. The maximum atomic E-state index is 12.2. The number of carbonyl (C=O) groups is 3. The Balaban J connectivity index is 2.56. The van der Waals surface area contributed by atoms with Crippen molar-refractivity contribution in [2.24, 2.45) is 5.92 Å². The standard InChI is InChI=1S/C13H23N3O5/c1-14(2)7-10-3-5-15(6-4-10)13(21)16(8-11(17)18)9-12(19)20/h10H,3-9H2,1-2H3,(H,17,18)(H,19,20). The number of nitrogens with zero attached hydrogens (tertiary/aromatic N) is 3. The van der Waals surface area contributed by atoms with E-state index in [2.05, 4.69) is 4.90 Å². The highest BCUT2D eigenvalue weighted by Gasteiger charge is 2.28. The Bertz CT molecular complexity index is 375. The van der Waals surface area contributed by atoms with Crippen LogP contribution >= 0.6 is 0 Å². The summed E-state index contributed by atoms with van der Waals surface area (Å²) in [7, 11) is 4.00. The van der Waals surface area contributed by atoms with Gasteiger partial charge in [0, 0.05) is 19.6 Å². The predicted octanol–water partition coefficient (Wildman–Crippen LogP) is -0.149. The van der Waals surface area contributed by atoms with Gasteiger partial charge in [0.1, 0.15) is 13.1 Å². The van der Waals surface area contributed by atoms with E-state index >= 15 is 0 Å². The molecule has 0 aromatic carbocycles. The van der Waals surface area contributed by atoms with Crippen molar-refractivity contribution in [3.63, 3.8) is 0 Å². The second-order valence-electron chi connectivity index (χ2n) is 5.62. The molecule has 0 unspecified atom stereocenters. The first kappa shape index (κ1) is 17.2. The molecule has 1 aliphatic heterocycles. The van der Waals surface area contributed by atoms with Crippen LogP contribution in [-0.2, 0) is 9.59 Å². The third-order valence-electron chi connectivity index (χ3n) is 3.43. The number of amides is 2. The van der Waals surface area contributed by atoms with E-state index in [1.807, 2.05) is 14.1 Å². The van der Waals surface area contributed by atoms with Crippen LogP contribution in [0.1, 0.15) is 12.8 Å². The van der Waals surface area contributed by atoms with E-state index in [-0.39, 0.29) is 0 Å². The van der Waals surface area contributed by atoms with Crippen molar-refractivity contribution in [1.82, 2.24) is 14.7 Å². The highest BCUT2D eigenvalue weighted by molar-refractivity contribution is 5.84. The van der Waals surface area contributed by atoms with Gasteiger partial charge in [-0.15, -0.1) is 0 Å². The summed E-state index contributed by atoms with van der Waals surface area (Å²) in [6.07, 6.45) is 1.69. The minimum atomic E-state index is -1.22. The molecule has 21 heavy (non-hydrogen) atoms. The van der Waals surface area contributed by atoms with Gasteiger partial charge in [0.15, 0.2) is 0 Å². The Kier molecular flexibility index (Phi) is 6.41. The van der Waals surface area contributed by atoms with Crippen LogP contribution in [0, 0.1) is 5.92 Å². The lowest BCUT2D eigenvalue weighted by molar-refractivity contribution is -0.140. The van der Waals surface area contributed by atoms with Crippen molar-refractivity contribution in [3.05, 3.63) is 0 Å². The Labute approximate surface area is 123 Å². The average molecular weight is 301 g/mol. The van der Waals surface area contributed by atoms with Crippen molar-refractivity contribution >= 4 is 18.0 Å². The van der Waals surface area contributed by atoms with E-state index in [1.54, 1.807) is 0 Å². The molecule has 8 nitrogen and oxygen atoms in total. The van der Waals surface area contributed by atoms with Gasteiger partial charge in [-0.1, -0.05) is 0 Å². The number of hydrogen-bond acceptors (Lipinski definition) is 4. The van der Waals surface area contributed by atoms with Gasteiger partial charge in [-0.3, -0.25) is 9.59 Å². The van der Waals surface area contributed by atoms with Crippen LogP contribution in [0.5, 0.6) is 0 Å². The number of urea groups is 1. The lowest BCUT2D eigenvalue weighted by atomic mass is 9.96. The SMILES string of the molecule is CN(C)CC1CCN(C(=O)N(CC(=O)O)CC(=O)O)CC1. The van der Waals surface area contributed by atoms with Gasteiger partial charge in [0.2, 0.25) is 0 Å². The fourth-order valence-electron chi connectivity index (χ4n) is 2.54. The molecular formula is C13H23N3O5. The van der Waals surface area contributed by atoms with Gasteiger partial charge >= 0.3 is 18.0 Å². The van der Waals surface area contributed by atoms with Crippen molar-refractivity contribution in [1.29, 1.82) is 0 Å². The van der Waals surface area contributed by atoms with Crippen molar-refractivity contribution in [2.75, 3.05) is 46.8 Å². The van der Waals surface area contributed by atoms with Gasteiger partial charge in [-0.25, -0.2) is 4.79 Å². The summed E-state index contributed by atoms with van der Waals surface area (Å²) in [5, 5.41) is 17.5. The second-order valence-corrected chi connectivity index (χ2v) is 5.62. The van der Waals surface area contributed by atoms with Gasteiger partial charge in [0.25, 0.3) is 0 Å². The van der Waals surface area contributed by atoms with E-state index in [0.29, 0.717) is 19.0 Å². The van der Waals surface area contributed by atoms with Gasteiger partial charge < -0.3 is 24.9 Å². The number of aliphatic carboxylic acids is 2. The molecule has 1 fully saturated rings. The molecule has 0 aromatic rings. The highest BCUT2D eigenvalue weighted by Crippen LogP contribution is 2.18. The van der Waals surface area contributed by atoms with Gasteiger partial charge in [0.05, 0.1) is 0 Å². The number of carboxylic acids is 2. The molecule has 0 aliphatic carbocycles. The number of hydrogen-bond donors (Lipinski definition) is 2.